The molecule has 0 saturated carbocycles. The van der Waals surface area contributed by atoms with Gasteiger partial charge in [-0.2, -0.15) is 0 Å². The number of hydrogen-bond acceptors (Lipinski definition) is 4. The molecule has 0 aliphatic rings. The minimum atomic E-state index is -0.628. The maximum Gasteiger partial charge on any atom is 0.346 e. The Balaban J connectivity index is 2.41. The Labute approximate surface area is 118 Å². The fraction of sp³-hybridized carbons (Fsp3) is 0.312. The molecule has 106 valence electrons. The fourth-order valence-electron chi connectivity index (χ4n) is 2.19. The lowest BCUT2D eigenvalue weighted by Crippen LogP contribution is -2.25. The van der Waals surface area contributed by atoms with Crippen LogP contribution in [-0.4, -0.2) is 26.2 Å². The van der Waals surface area contributed by atoms with Crippen molar-refractivity contribution in [3.8, 4) is 5.75 Å². The molecule has 0 spiro atoms. The number of carbonyl (C=O) groups is 1. The van der Waals surface area contributed by atoms with Crippen LogP contribution in [0.25, 0.3) is 10.8 Å². The first-order chi connectivity index (χ1) is 9.67. The van der Waals surface area contributed by atoms with Crippen molar-refractivity contribution in [2.45, 2.75) is 19.6 Å². The minimum Gasteiger partial charge on any atom is -0.479 e. The van der Waals surface area contributed by atoms with E-state index in [1.54, 1.807) is 6.92 Å². The molecule has 0 bridgehead atoms. The average Bonchev–Trinajstić information content (AvgIpc) is 2.48. The molecule has 1 atom stereocenters. The summed E-state index contributed by atoms with van der Waals surface area (Å²) in [5, 5.41) is 5.41. The van der Waals surface area contributed by atoms with Crippen LogP contribution in [0.4, 0.5) is 0 Å². The molecule has 0 heterocycles. The monoisotopic (exact) mass is 273 g/mol. The predicted molar refractivity (Wildman–Crippen MR) is 78.8 cm³/mol. The Morgan fingerprint density at radius 3 is 2.70 bits per heavy atom. The van der Waals surface area contributed by atoms with Crippen molar-refractivity contribution in [2.24, 2.45) is 0 Å². The molecule has 2 aromatic carbocycles. The van der Waals surface area contributed by atoms with E-state index in [9.17, 15) is 4.79 Å². The van der Waals surface area contributed by atoms with Gasteiger partial charge >= 0.3 is 5.97 Å². The first-order valence-corrected chi connectivity index (χ1v) is 6.57. The van der Waals surface area contributed by atoms with Gasteiger partial charge in [-0.15, -0.1) is 0 Å². The minimum absolute atomic E-state index is 0.381. The average molecular weight is 273 g/mol. The predicted octanol–water partition coefficient (Wildman–Crippen LogP) is 2.50. The maximum absolute atomic E-state index is 11.5. The number of carbonyl (C=O) groups excluding carboxylic acids is 1. The number of rotatable bonds is 5. The van der Waals surface area contributed by atoms with Crippen LogP contribution in [0.3, 0.4) is 0 Å². The topological polar surface area (TPSA) is 47.6 Å². The first kappa shape index (κ1) is 14.3. The molecule has 0 aliphatic carbocycles. The molecule has 0 saturated heterocycles. The molecule has 0 aliphatic heterocycles. The molecule has 2 aromatic rings. The molecule has 0 radical (unpaired) electrons. The van der Waals surface area contributed by atoms with Crippen LogP contribution in [0, 0.1) is 0 Å². The van der Waals surface area contributed by atoms with Gasteiger partial charge in [-0.25, -0.2) is 4.79 Å². The van der Waals surface area contributed by atoms with Crippen LogP contribution in [0.1, 0.15) is 12.5 Å². The molecule has 4 nitrogen and oxygen atoms in total. The van der Waals surface area contributed by atoms with Crippen LogP contribution >= 0.6 is 0 Å². The van der Waals surface area contributed by atoms with Gasteiger partial charge in [0.2, 0.25) is 0 Å². The second-order valence-electron chi connectivity index (χ2n) is 4.58. The first-order valence-electron chi connectivity index (χ1n) is 6.57. The third kappa shape index (κ3) is 2.91. The van der Waals surface area contributed by atoms with E-state index in [4.69, 9.17) is 9.47 Å². The van der Waals surface area contributed by atoms with Crippen molar-refractivity contribution in [3.63, 3.8) is 0 Å². The van der Waals surface area contributed by atoms with Crippen molar-refractivity contribution in [1.82, 2.24) is 5.32 Å². The van der Waals surface area contributed by atoms with Gasteiger partial charge in [-0.3, -0.25) is 0 Å². The Morgan fingerprint density at radius 2 is 2.00 bits per heavy atom. The molecule has 0 amide bonds. The summed E-state index contributed by atoms with van der Waals surface area (Å²) in [6.07, 6.45) is -0.628. The van der Waals surface area contributed by atoms with Crippen molar-refractivity contribution >= 4 is 16.7 Å². The van der Waals surface area contributed by atoms with Crippen LogP contribution in [0.2, 0.25) is 0 Å². The molecular formula is C16H19NO3. The summed E-state index contributed by atoms with van der Waals surface area (Å²) in [6, 6.07) is 12.0. The molecular weight excluding hydrogens is 254 g/mol. The van der Waals surface area contributed by atoms with Gasteiger partial charge in [0, 0.05) is 12.1 Å². The Hall–Kier alpha value is -2.07. The lowest BCUT2D eigenvalue weighted by molar-refractivity contribution is -0.147. The highest BCUT2D eigenvalue weighted by molar-refractivity contribution is 5.88. The van der Waals surface area contributed by atoms with E-state index in [-0.39, 0.29) is 5.97 Å². The Morgan fingerprint density at radius 1 is 1.25 bits per heavy atom. The number of benzene rings is 2. The van der Waals surface area contributed by atoms with E-state index in [2.05, 4.69) is 17.4 Å². The zero-order valence-electron chi connectivity index (χ0n) is 12.0. The van der Waals surface area contributed by atoms with Crippen molar-refractivity contribution in [3.05, 3.63) is 42.0 Å². The zero-order valence-corrected chi connectivity index (χ0v) is 12.0. The lowest BCUT2D eigenvalue weighted by atomic mass is 10.0. The van der Waals surface area contributed by atoms with Gasteiger partial charge in [0.05, 0.1) is 7.11 Å². The maximum atomic E-state index is 11.5. The van der Waals surface area contributed by atoms with E-state index in [0.717, 1.165) is 16.3 Å². The summed E-state index contributed by atoms with van der Waals surface area (Å²) in [5.41, 5.74) is 1.04. The fourth-order valence-corrected chi connectivity index (χ4v) is 2.19. The molecule has 4 heteroatoms. The third-order valence-electron chi connectivity index (χ3n) is 3.19. The van der Waals surface area contributed by atoms with E-state index in [1.165, 1.54) is 7.11 Å². The number of ether oxygens (including phenoxy) is 2. The van der Waals surface area contributed by atoms with Gasteiger partial charge in [-0.05, 0) is 30.8 Å². The van der Waals surface area contributed by atoms with Gasteiger partial charge < -0.3 is 14.8 Å². The number of esters is 1. The quantitative estimate of drug-likeness (QED) is 0.850. The van der Waals surface area contributed by atoms with Crippen LogP contribution in [-0.2, 0) is 16.1 Å². The Bertz CT molecular complexity index is 610. The summed E-state index contributed by atoms with van der Waals surface area (Å²) in [6.45, 7) is 2.36. The second-order valence-corrected chi connectivity index (χ2v) is 4.58. The summed E-state index contributed by atoms with van der Waals surface area (Å²) in [4.78, 5) is 11.5. The number of methoxy groups -OCH3 is 1. The van der Waals surface area contributed by atoms with E-state index < -0.39 is 6.10 Å². The highest BCUT2D eigenvalue weighted by Crippen LogP contribution is 2.28. The molecule has 1 N–H and O–H groups in total. The van der Waals surface area contributed by atoms with Crippen molar-refractivity contribution < 1.29 is 14.3 Å². The lowest BCUT2D eigenvalue weighted by Gasteiger charge is -2.17. The van der Waals surface area contributed by atoms with Gasteiger partial charge in [-0.1, -0.05) is 30.3 Å². The number of nitrogens with one attached hydrogen (secondary N) is 1. The van der Waals surface area contributed by atoms with Crippen LogP contribution in [0.5, 0.6) is 5.75 Å². The number of hydrogen-bond donors (Lipinski definition) is 1. The molecule has 0 fully saturated rings. The normalized spacial score (nSPS) is 12.2. The smallest absolute Gasteiger partial charge is 0.346 e. The standard InChI is InChI=1S/C16H19NO3/c1-11(16(18)19-3)20-15-9-8-12-6-4-5-7-13(12)14(15)10-17-2/h4-9,11,17H,10H2,1-3H3. The third-order valence-corrected chi connectivity index (χ3v) is 3.19. The van der Waals surface area contributed by atoms with Gasteiger partial charge in [0.1, 0.15) is 5.75 Å². The van der Waals surface area contributed by atoms with Gasteiger partial charge in [0.25, 0.3) is 0 Å². The SMILES string of the molecule is CNCc1c(OC(C)C(=O)OC)ccc2ccccc12. The van der Waals surface area contributed by atoms with E-state index in [0.29, 0.717) is 12.3 Å². The second kappa shape index (κ2) is 6.39. The molecule has 1 unspecified atom stereocenters. The van der Waals surface area contributed by atoms with E-state index in [1.807, 2.05) is 31.3 Å². The summed E-state index contributed by atoms with van der Waals surface area (Å²) >= 11 is 0. The number of fused-ring (bicyclic) bond motifs is 1. The Kier molecular flexibility index (Phi) is 4.58. The van der Waals surface area contributed by atoms with Gasteiger partial charge in [0.15, 0.2) is 6.10 Å². The highest BCUT2D eigenvalue weighted by atomic mass is 16.6. The largest absolute Gasteiger partial charge is 0.479 e. The van der Waals surface area contributed by atoms with Crippen LogP contribution in [0.15, 0.2) is 36.4 Å². The zero-order chi connectivity index (χ0) is 14.5. The van der Waals surface area contributed by atoms with Crippen LogP contribution < -0.4 is 10.1 Å². The van der Waals surface area contributed by atoms with Crippen molar-refractivity contribution in [1.29, 1.82) is 0 Å². The molecule has 0 aromatic heterocycles. The molecule has 2 rings (SSSR count). The van der Waals surface area contributed by atoms with E-state index >= 15 is 0 Å². The molecule has 20 heavy (non-hydrogen) atoms. The highest BCUT2D eigenvalue weighted by Gasteiger charge is 2.17. The summed E-state index contributed by atoms with van der Waals surface area (Å²) in [5.74, 6) is 0.324. The van der Waals surface area contributed by atoms with Crippen molar-refractivity contribution in [2.75, 3.05) is 14.2 Å². The summed E-state index contributed by atoms with van der Waals surface area (Å²) < 4.78 is 10.4. The summed E-state index contributed by atoms with van der Waals surface area (Å²) in [7, 11) is 3.24.